The van der Waals surface area contributed by atoms with Crippen LogP contribution in [0.4, 0.5) is 5.82 Å². The summed E-state index contributed by atoms with van der Waals surface area (Å²) in [6.07, 6.45) is 7.96. The van der Waals surface area contributed by atoms with E-state index in [2.05, 4.69) is 20.6 Å². The highest BCUT2D eigenvalue weighted by atomic mass is 16.3. The van der Waals surface area contributed by atoms with Gasteiger partial charge in [-0.05, 0) is 30.9 Å². The quantitative estimate of drug-likeness (QED) is 0.762. The number of nitrogens with one attached hydrogen (secondary N) is 2. The number of hydrogen-bond acceptors (Lipinski definition) is 5. The van der Waals surface area contributed by atoms with Gasteiger partial charge in [0.1, 0.15) is 5.82 Å². The first-order valence-electron chi connectivity index (χ1n) is 7.75. The maximum atomic E-state index is 12.4. The summed E-state index contributed by atoms with van der Waals surface area (Å²) in [5.74, 6) is 0.643. The van der Waals surface area contributed by atoms with Crippen molar-refractivity contribution in [3.63, 3.8) is 0 Å². The molecule has 7 heteroatoms. The molecule has 23 heavy (non-hydrogen) atoms. The monoisotopic (exact) mass is 315 g/mol. The Balaban J connectivity index is 1.62. The molecule has 1 saturated carbocycles. The van der Waals surface area contributed by atoms with Crippen LogP contribution in [0.5, 0.6) is 0 Å². The number of amides is 1. The van der Waals surface area contributed by atoms with Gasteiger partial charge in [-0.3, -0.25) is 4.79 Å². The first-order valence-corrected chi connectivity index (χ1v) is 7.75. The number of carbonyl (C=O) groups is 1. The number of carbonyl (C=O) groups excluding carboxylic acids is 1. The molecule has 2 aromatic heterocycles. The summed E-state index contributed by atoms with van der Waals surface area (Å²) in [7, 11) is 1.73. The summed E-state index contributed by atoms with van der Waals surface area (Å²) < 4.78 is 2.00. The highest BCUT2D eigenvalue weighted by molar-refractivity contribution is 5.98. The number of pyridine rings is 1. The molecule has 122 valence electrons. The van der Waals surface area contributed by atoms with Gasteiger partial charge in [0.2, 0.25) is 0 Å². The van der Waals surface area contributed by atoms with Crippen molar-refractivity contribution in [2.75, 3.05) is 12.4 Å². The van der Waals surface area contributed by atoms with E-state index in [-0.39, 0.29) is 11.9 Å². The van der Waals surface area contributed by atoms with E-state index < -0.39 is 6.10 Å². The lowest BCUT2D eigenvalue weighted by atomic mass is 10.1. The summed E-state index contributed by atoms with van der Waals surface area (Å²) in [4.78, 5) is 20.6. The lowest BCUT2D eigenvalue weighted by molar-refractivity contribution is 0.0873. The van der Waals surface area contributed by atoms with Crippen LogP contribution in [0.3, 0.4) is 0 Å². The molecule has 7 nitrogen and oxygen atoms in total. The van der Waals surface area contributed by atoms with Crippen LogP contribution in [0, 0.1) is 5.92 Å². The number of hydrogen-bond donors (Lipinski definition) is 3. The van der Waals surface area contributed by atoms with Gasteiger partial charge >= 0.3 is 0 Å². The third-order valence-corrected chi connectivity index (χ3v) is 4.26. The Bertz CT molecular complexity index is 658. The van der Waals surface area contributed by atoms with E-state index in [0.717, 1.165) is 13.0 Å². The molecule has 0 bridgehead atoms. The molecule has 1 aliphatic rings. The molecule has 2 heterocycles. The third kappa shape index (κ3) is 3.50. The molecule has 3 atom stereocenters. The maximum absolute atomic E-state index is 12.4. The van der Waals surface area contributed by atoms with Gasteiger partial charge in [-0.1, -0.05) is 0 Å². The minimum Gasteiger partial charge on any atom is -0.391 e. The molecule has 0 aliphatic heterocycles. The fraction of sp³-hybridized carbons (Fsp3) is 0.438. The van der Waals surface area contributed by atoms with Crippen molar-refractivity contribution in [3.8, 4) is 0 Å². The number of nitrogens with zero attached hydrogens (tertiary/aromatic N) is 3. The highest BCUT2D eigenvalue weighted by Crippen LogP contribution is 2.28. The summed E-state index contributed by atoms with van der Waals surface area (Å²) in [5, 5.41) is 16.1. The third-order valence-electron chi connectivity index (χ3n) is 4.26. The van der Waals surface area contributed by atoms with E-state index in [9.17, 15) is 9.90 Å². The van der Waals surface area contributed by atoms with Crippen LogP contribution >= 0.6 is 0 Å². The van der Waals surface area contributed by atoms with Gasteiger partial charge in [0.25, 0.3) is 5.91 Å². The number of aromatic nitrogens is 3. The van der Waals surface area contributed by atoms with Crippen LogP contribution in [-0.2, 0) is 6.54 Å². The number of aliphatic hydroxyl groups is 1. The maximum Gasteiger partial charge on any atom is 0.255 e. The minimum atomic E-state index is -0.526. The van der Waals surface area contributed by atoms with Crippen molar-refractivity contribution in [2.24, 2.45) is 5.92 Å². The standard InChI is InChI=1S/C16H21N5O2/c1-17-15-12(3-2-4-19-15)16(23)20-13-7-11(8-14(13)22)9-21-6-5-18-10-21/h2-6,10-11,13-14,22H,7-9H2,1H3,(H,17,19)(H,20,23)/t11?,13-,14-/m1/s1. The smallest absolute Gasteiger partial charge is 0.255 e. The molecule has 3 N–H and O–H groups in total. The molecule has 0 aromatic carbocycles. The van der Waals surface area contributed by atoms with E-state index in [1.165, 1.54) is 0 Å². The van der Waals surface area contributed by atoms with Gasteiger partial charge in [-0.15, -0.1) is 0 Å². The first-order chi connectivity index (χ1) is 11.2. The Kier molecular flexibility index (Phi) is 4.57. The molecule has 0 radical (unpaired) electrons. The zero-order valence-electron chi connectivity index (χ0n) is 13.0. The lowest BCUT2D eigenvalue weighted by Crippen LogP contribution is -2.40. The van der Waals surface area contributed by atoms with Crippen molar-refractivity contribution in [2.45, 2.75) is 31.5 Å². The van der Waals surface area contributed by atoms with Crippen molar-refractivity contribution >= 4 is 11.7 Å². The second kappa shape index (κ2) is 6.78. The van der Waals surface area contributed by atoms with Gasteiger partial charge in [0, 0.05) is 32.2 Å². The zero-order chi connectivity index (χ0) is 16.2. The first kappa shape index (κ1) is 15.5. The molecule has 1 amide bonds. The fourth-order valence-corrected chi connectivity index (χ4v) is 3.15. The predicted octanol–water partition coefficient (Wildman–Crippen LogP) is 0.889. The summed E-state index contributed by atoms with van der Waals surface area (Å²) >= 11 is 0. The van der Waals surface area contributed by atoms with Crippen LogP contribution in [0.2, 0.25) is 0 Å². The molecule has 0 spiro atoms. The number of aliphatic hydroxyl groups excluding tert-OH is 1. The van der Waals surface area contributed by atoms with Crippen LogP contribution in [0.15, 0.2) is 37.1 Å². The Hall–Kier alpha value is -2.41. The van der Waals surface area contributed by atoms with Gasteiger partial charge in [-0.25, -0.2) is 9.97 Å². The minimum absolute atomic E-state index is 0.213. The number of imidazole rings is 1. The van der Waals surface area contributed by atoms with Gasteiger partial charge in [-0.2, -0.15) is 0 Å². The lowest BCUT2D eigenvalue weighted by Gasteiger charge is -2.17. The Morgan fingerprint density at radius 3 is 3.04 bits per heavy atom. The molecular formula is C16H21N5O2. The van der Waals surface area contributed by atoms with E-state index in [1.54, 1.807) is 37.9 Å². The normalized spacial score (nSPS) is 23.7. The summed E-state index contributed by atoms with van der Waals surface area (Å²) in [6, 6.07) is 3.21. The summed E-state index contributed by atoms with van der Waals surface area (Å²) in [6.45, 7) is 0.804. The van der Waals surface area contributed by atoms with Gasteiger partial charge in [0.05, 0.1) is 24.0 Å². The van der Waals surface area contributed by atoms with Crippen molar-refractivity contribution in [1.29, 1.82) is 0 Å². The number of anilines is 1. The molecule has 1 fully saturated rings. The van der Waals surface area contributed by atoms with Crippen molar-refractivity contribution in [1.82, 2.24) is 19.9 Å². The number of rotatable bonds is 5. The Labute approximate surface area is 134 Å². The molecule has 0 saturated heterocycles. The second-order valence-corrected chi connectivity index (χ2v) is 5.89. The van der Waals surface area contributed by atoms with Crippen molar-refractivity contribution < 1.29 is 9.90 Å². The van der Waals surface area contributed by atoms with E-state index in [1.807, 2.05) is 10.8 Å². The SMILES string of the molecule is CNc1ncccc1C(=O)N[C@@H]1CC(Cn2ccnc2)C[C@H]1O. The Morgan fingerprint density at radius 2 is 2.30 bits per heavy atom. The average Bonchev–Trinajstić information content (AvgIpc) is 3.18. The topological polar surface area (TPSA) is 92.1 Å². The second-order valence-electron chi connectivity index (χ2n) is 5.89. The highest BCUT2D eigenvalue weighted by Gasteiger charge is 2.34. The van der Waals surface area contributed by atoms with E-state index >= 15 is 0 Å². The van der Waals surface area contributed by atoms with Crippen LogP contribution in [0.1, 0.15) is 23.2 Å². The van der Waals surface area contributed by atoms with Crippen LogP contribution < -0.4 is 10.6 Å². The van der Waals surface area contributed by atoms with E-state index in [0.29, 0.717) is 23.7 Å². The average molecular weight is 315 g/mol. The molecule has 1 aliphatic carbocycles. The summed E-state index contributed by atoms with van der Waals surface area (Å²) in [5.41, 5.74) is 0.486. The Morgan fingerprint density at radius 1 is 1.43 bits per heavy atom. The van der Waals surface area contributed by atoms with E-state index in [4.69, 9.17) is 0 Å². The van der Waals surface area contributed by atoms with Gasteiger partial charge in [0.15, 0.2) is 0 Å². The molecular weight excluding hydrogens is 294 g/mol. The largest absolute Gasteiger partial charge is 0.391 e. The zero-order valence-corrected chi connectivity index (χ0v) is 13.0. The van der Waals surface area contributed by atoms with Crippen LogP contribution in [-0.4, -0.2) is 44.7 Å². The molecule has 3 rings (SSSR count). The van der Waals surface area contributed by atoms with Crippen LogP contribution in [0.25, 0.3) is 0 Å². The molecule has 1 unspecified atom stereocenters. The van der Waals surface area contributed by atoms with Crippen molar-refractivity contribution in [3.05, 3.63) is 42.6 Å². The fourth-order valence-electron chi connectivity index (χ4n) is 3.15. The molecule has 2 aromatic rings. The van der Waals surface area contributed by atoms with Gasteiger partial charge < -0.3 is 20.3 Å². The predicted molar refractivity (Wildman–Crippen MR) is 86.0 cm³/mol.